The molecule has 0 spiro atoms. The van der Waals surface area contributed by atoms with Crippen molar-refractivity contribution in [2.75, 3.05) is 17.5 Å². The highest BCUT2D eigenvalue weighted by Crippen LogP contribution is 2.24. The Morgan fingerprint density at radius 2 is 2.08 bits per heavy atom. The molecule has 9 heteroatoms. The Balaban J connectivity index is 0.00000288. The summed E-state index contributed by atoms with van der Waals surface area (Å²) in [5, 5.41) is 0. The molecule has 0 radical (unpaired) electrons. The lowest BCUT2D eigenvalue weighted by atomic mass is 9.96. The van der Waals surface area contributed by atoms with Crippen LogP contribution in [-0.4, -0.2) is 44.1 Å². The number of nitrogens with zero attached hydrogens (tertiary/aromatic N) is 1. The van der Waals surface area contributed by atoms with E-state index in [1.54, 1.807) is 4.90 Å². The number of hydrogen-bond donors (Lipinski definition) is 2. The Kier molecular flexibility index (Phi) is 7.00. The normalized spacial score (nSPS) is 19.3. The van der Waals surface area contributed by atoms with Gasteiger partial charge >= 0.3 is 0 Å². The summed E-state index contributed by atoms with van der Waals surface area (Å²) in [6.45, 7) is 2.45. The molecule has 0 aromatic heterocycles. The molecule has 1 saturated heterocycles. The van der Waals surface area contributed by atoms with Gasteiger partial charge in [-0.05, 0) is 44.4 Å². The molecular weight excluding hydrogens is 357 g/mol. The number of halogens is 2. The number of anilines is 1. The highest BCUT2D eigenvalue weighted by Gasteiger charge is 2.30. The Labute approximate surface area is 148 Å². The standard InChI is InChI=1S/C15H22FN3O3S.ClH/c1-10(17)14-5-3-4-8-19(14)15(20)11-6-7-12(16)13(9-11)18-23(2,21)22;/h6-7,9-10,14,18H,3-5,8,17H2,1-2H3;1H. The minimum Gasteiger partial charge on any atom is -0.334 e. The van der Waals surface area contributed by atoms with Crippen LogP contribution >= 0.6 is 12.4 Å². The van der Waals surface area contributed by atoms with E-state index in [0.717, 1.165) is 31.6 Å². The van der Waals surface area contributed by atoms with Crippen molar-refractivity contribution in [1.29, 1.82) is 0 Å². The Morgan fingerprint density at radius 1 is 1.42 bits per heavy atom. The first-order chi connectivity index (χ1) is 10.7. The summed E-state index contributed by atoms with van der Waals surface area (Å²) in [6.07, 6.45) is 3.67. The van der Waals surface area contributed by atoms with Crippen molar-refractivity contribution in [3.63, 3.8) is 0 Å². The zero-order valence-corrected chi connectivity index (χ0v) is 15.3. The van der Waals surface area contributed by atoms with Crippen molar-refractivity contribution in [2.24, 2.45) is 5.73 Å². The van der Waals surface area contributed by atoms with Crippen LogP contribution in [0.15, 0.2) is 18.2 Å². The lowest BCUT2D eigenvalue weighted by Crippen LogP contribution is -2.51. The van der Waals surface area contributed by atoms with Gasteiger partial charge in [-0.15, -0.1) is 12.4 Å². The first-order valence-corrected chi connectivity index (χ1v) is 9.42. The quantitative estimate of drug-likeness (QED) is 0.836. The highest BCUT2D eigenvalue weighted by atomic mass is 35.5. The Morgan fingerprint density at radius 3 is 2.67 bits per heavy atom. The van der Waals surface area contributed by atoms with E-state index in [1.807, 2.05) is 6.92 Å². The molecule has 0 saturated carbocycles. The topological polar surface area (TPSA) is 92.5 Å². The Bertz CT molecular complexity index is 697. The van der Waals surface area contributed by atoms with Crippen molar-refractivity contribution >= 4 is 34.0 Å². The molecule has 1 aromatic rings. The summed E-state index contributed by atoms with van der Waals surface area (Å²) in [5.41, 5.74) is 5.98. The summed E-state index contributed by atoms with van der Waals surface area (Å²) in [5.74, 6) is -0.988. The van der Waals surface area contributed by atoms with Crippen LogP contribution in [-0.2, 0) is 10.0 Å². The van der Waals surface area contributed by atoms with Crippen LogP contribution in [0.25, 0.3) is 0 Å². The summed E-state index contributed by atoms with van der Waals surface area (Å²) < 4.78 is 38.4. The number of nitrogens with one attached hydrogen (secondary N) is 1. The number of carbonyl (C=O) groups excluding carboxylic acids is 1. The molecule has 1 aliphatic rings. The largest absolute Gasteiger partial charge is 0.334 e. The van der Waals surface area contributed by atoms with Crippen molar-refractivity contribution in [2.45, 2.75) is 38.3 Å². The maximum absolute atomic E-state index is 13.7. The fraction of sp³-hybridized carbons (Fsp3) is 0.533. The molecule has 2 atom stereocenters. The predicted molar refractivity (Wildman–Crippen MR) is 94.4 cm³/mol. The number of amides is 1. The Hall–Kier alpha value is -1.38. The van der Waals surface area contributed by atoms with Gasteiger partial charge in [-0.2, -0.15) is 0 Å². The molecule has 1 aromatic carbocycles. The molecule has 1 fully saturated rings. The number of likely N-dealkylation sites (tertiary alicyclic amines) is 1. The molecule has 0 bridgehead atoms. The van der Waals surface area contributed by atoms with Gasteiger partial charge in [0.05, 0.1) is 11.9 Å². The number of nitrogens with two attached hydrogens (primary N) is 1. The van der Waals surface area contributed by atoms with Crippen molar-refractivity contribution < 1.29 is 17.6 Å². The van der Waals surface area contributed by atoms with E-state index in [2.05, 4.69) is 4.72 Å². The smallest absolute Gasteiger partial charge is 0.254 e. The van der Waals surface area contributed by atoms with Crippen LogP contribution in [0.1, 0.15) is 36.5 Å². The molecule has 24 heavy (non-hydrogen) atoms. The van der Waals surface area contributed by atoms with Gasteiger partial charge in [-0.1, -0.05) is 0 Å². The van der Waals surface area contributed by atoms with Gasteiger partial charge in [-0.25, -0.2) is 12.8 Å². The fourth-order valence-electron chi connectivity index (χ4n) is 2.86. The van der Waals surface area contributed by atoms with Gasteiger partial charge in [0.25, 0.3) is 5.91 Å². The molecule has 1 amide bonds. The second-order valence-electron chi connectivity index (χ2n) is 5.99. The molecular formula is C15H23ClFN3O3S. The molecule has 0 aliphatic carbocycles. The molecule has 1 aliphatic heterocycles. The van der Waals surface area contributed by atoms with E-state index >= 15 is 0 Å². The summed E-state index contributed by atoms with van der Waals surface area (Å²) >= 11 is 0. The molecule has 3 N–H and O–H groups in total. The molecule has 2 unspecified atom stereocenters. The van der Waals surface area contributed by atoms with Crippen molar-refractivity contribution in [3.05, 3.63) is 29.6 Å². The fourth-order valence-corrected chi connectivity index (χ4v) is 3.41. The predicted octanol–water partition coefficient (Wildman–Crippen LogP) is 1.96. The van der Waals surface area contributed by atoms with Crippen molar-refractivity contribution in [1.82, 2.24) is 4.90 Å². The summed E-state index contributed by atoms with van der Waals surface area (Å²) in [7, 11) is -3.63. The second-order valence-corrected chi connectivity index (χ2v) is 7.74. The number of hydrogen-bond acceptors (Lipinski definition) is 4. The van der Waals surface area contributed by atoms with E-state index in [0.29, 0.717) is 6.54 Å². The number of piperidine rings is 1. The van der Waals surface area contributed by atoms with Gasteiger partial charge in [0.1, 0.15) is 5.82 Å². The number of rotatable bonds is 4. The zero-order valence-electron chi connectivity index (χ0n) is 13.7. The molecule has 1 heterocycles. The minimum absolute atomic E-state index is 0. The first kappa shape index (κ1) is 20.7. The van der Waals surface area contributed by atoms with E-state index in [1.165, 1.54) is 12.1 Å². The summed E-state index contributed by atoms with van der Waals surface area (Å²) in [6, 6.07) is 3.45. The molecule has 2 rings (SSSR count). The maximum atomic E-state index is 13.7. The third-order valence-corrected chi connectivity index (χ3v) is 4.52. The van der Waals surface area contributed by atoms with Gasteiger partial charge in [0, 0.05) is 24.2 Å². The molecule has 6 nitrogen and oxygen atoms in total. The third-order valence-electron chi connectivity index (χ3n) is 3.93. The third kappa shape index (κ3) is 5.06. The molecule has 136 valence electrons. The van der Waals surface area contributed by atoms with E-state index in [4.69, 9.17) is 5.73 Å². The van der Waals surface area contributed by atoms with Gasteiger partial charge in [-0.3, -0.25) is 9.52 Å². The lowest BCUT2D eigenvalue weighted by Gasteiger charge is -2.38. The monoisotopic (exact) mass is 379 g/mol. The average molecular weight is 380 g/mol. The maximum Gasteiger partial charge on any atom is 0.254 e. The van der Waals surface area contributed by atoms with Crippen LogP contribution in [0.2, 0.25) is 0 Å². The van der Waals surface area contributed by atoms with Crippen LogP contribution in [0.5, 0.6) is 0 Å². The zero-order chi connectivity index (χ0) is 17.2. The van der Waals surface area contributed by atoms with Gasteiger partial charge in [0.2, 0.25) is 10.0 Å². The van der Waals surface area contributed by atoms with Gasteiger partial charge in [0.15, 0.2) is 0 Å². The number of sulfonamides is 1. The first-order valence-electron chi connectivity index (χ1n) is 7.53. The van der Waals surface area contributed by atoms with Crippen LogP contribution in [0.3, 0.4) is 0 Å². The lowest BCUT2D eigenvalue weighted by molar-refractivity contribution is 0.0584. The van der Waals surface area contributed by atoms with Crippen molar-refractivity contribution in [3.8, 4) is 0 Å². The second kappa shape index (κ2) is 8.13. The van der Waals surface area contributed by atoms with Gasteiger partial charge < -0.3 is 10.6 Å². The average Bonchev–Trinajstić information content (AvgIpc) is 2.47. The van der Waals surface area contributed by atoms with E-state index in [9.17, 15) is 17.6 Å². The SMILES string of the molecule is CC(N)C1CCCCN1C(=O)c1ccc(F)c(NS(C)(=O)=O)c1.Cl. The van der Waals surface area contributed by atoms with Crippen LogP contribution in [0, 0.1) is 5.82 Å². The number of benzene rings is 1. The highest BCUT2D eigenvalue weighted by molar-refractivity contribution is 7.92. The van der Waals surface area contributed by atoms with Crippen LogP contribution < -0.4 is 10.5 Å². The van der Waals surface area contributed by atoms with Crippen LogP contribution in [0.4, 0.5) is 10.1 Å². The number of carbonyl (C=O) groups is 1. The summed E-state index contributed by atoms with van der Waals surface area (Å²) in [4.78, 5) is 14.4. The minimum atomic E-state index is -3.63. The van der Waals surface area contributed by atoms with E-state index < -0.39 is 15.8 Å². The van der Waals surface area contributed by atoms with E-state index in [-0.39, 0.29) is 41.6 Å².